The number of hydrogen-bond acceptors (Lipinski definition) is 2. The van der Waals surface area contributed by atoms with Crippen molar-refractivity contribution in [3.8, 4) is 6.07 Å². The van der Waals surface area contributed by atoms with E-state index in [1.807, 2.05) is 0 Å². The lowest BCUT2D eigenvalue weighted by atomic mass is 10.1. The van der Waals surface area contributed by atoms with Crippen LogP contribution in [0.3, 0.4) is 0 Å². The van der Waals surface area contributed by atoms with Crippen LogP contribution in [0.4, 0.5) is 13.2 Å². The largest absolute Gasteiger partial charge is 0.309 e. The van der Waals surface area contributed by atoms with Gasteiger partial charge in [0.25, 0.3) is 0 Å². The number of nitrogens with zero attached hydrogens (tertiary/aromatic N) is 1. The minimum absolute atomic E-state index is 0.0165. The number of benzene rings is 2. The molecule has 0 amide bonds. The molecule has 0 atom stereocenters. The van der Waals surface area contributed by atoms with E-state index in [0.717, 1.165) is 17.7 Å². The van der Waals surface area contributed by atoms with Crippen molar-refractivity contribution in [2.75, 3.05) is 0 Å². The van der Waals surface area contributed by atoms with Gasteiger partial charge in [-0.3, -0.25) is 0 Å². The molecule has 0 aliphatic rings. The summed E-state index contributed by atoms with van der Waals surface area (Å²) in [5.74, 6) is -2.33. The summed E-state index contributed by atoms with van der Waals surface area (Å²) in [5.41, 5.74) is 1.33. The van der Waals surface area contributed by atoms with Gasteiger partial charge < -0.3 is 5.32 Å². The summed E-state index contributed by atoms with van der Waals surface area (Å²) in [4.78, 5) is 0. The summed E-state index contributed by atoms with van der Waals surface area (Å²) in [7, 11) is 0. The predicted octanol–water partition coefficient (Wildman–Crippen LogP) is 3.27. The van der Waals surface area contributed by atoms with E-state index in [9.17, 15) is 13.2 Å². The normalized spacial score (nSPS) is 10.3. The molecule has 20 heavy (non-hydrogen) atoms. The van der Waals surface area contributed by atoms with E-state index in [-0.39, 0.29) is 5.56 Å². The van der Waals surface area contributed by atoms with Crippen molar-refractivity contribution < 1.29 is 13.2 Å². The minimum atomic E-state index is -0.891. The Labute approximate surface area is 114 Å². The predicted molar refractivity (Wildman–Crippen MR) is 68.0 cm³/mol. The van der Waals surface area contributed by atoms with Gasteiger partial charge in [-0.15, -0.1) is 0 Å². The highest BCUT2D eigenvalue weighted by atomic mass is 19.2. The van der Waals surface area contributed by atoms with Gasteiger partial charge in [0.15, 0.2) is 11.6 Å². The average Bonchev–Trinajstić information content (AvgIpc) is 2.44. The first-order valence-corrected chi connectivity index (χ1v) is 5.93. The second-order valence-electron chi connectivity index (χ2n) is 4.28. The highest BCUT2D eigenvalue weighted by Gasteiger charge is 2.04. The maximum atomic E-state index is 13.1. The first-order chi connectivity index (χ1) is 9.60. The molecule has 0 aromatic heterocycles. The van der Waals surface area contributed by atoms with Crippen LogP contribution in [0, 0.1) is 28.8 Å². The van der Waals surface area contributed by atoms with Crippen molar-refractivity contribution >= 4 is 0 Å². The molecule has 2 aromatic carbocycles. The molecular formula is C15H11F3N2. The Morgan fingerprint density at radius 1 is 0.850 bits per heavy atom. The fraction of sp³-hybridized carbons (Fsp3) is 0.133. The molecule has 0 radical (unpaired) electrons. The molecule has 102 valence electrons. The van der Waals surface area contributed by atoms with E-state index >= 15 is 0 Å². The third-order valence-corrected chi connectivity index (χ3v) is 2.79. The SMILES string of the molecule is N#Cc1cc(CNCc2ccc(F)c(F)c2)ccc1F. The molecule has 2 aromatic rings. The van der Waals surface area contributed by atoms with Crippen molar-refractivity contribution in [3.05, 3.63) is 70.5 Å². The lowest BCUT2D eigenvalue weighted by Crippen LogP contribution is -2.13. The second kappa shape index (κ2) is 6.22. The highest BCUT2D eigenvalue weighted by molar-refractivity contribution is 5.34. The fourth-order valence-corrected chi connectivity index (χ4v) is 1.77. The van der Waals surface area contributed by atoms with Crippen LogP contribution in [-0.2, 0) is 13.1 Å². The van der Waals surface area contributed by atoms with E-state index in [0.29, 0.717) is 18.7 Å². The Bertz CT molecular complexity index is 663. The van der Waals surface area contributed by atoms with Crippen LogP contribution in [0.15, 0.2) is 36.4 Å². The van der Waals surface area contributed by atoms with Gasteiger partial charge in [0.05, 0.1) is 5.56 Å². The quantitative estimate of drug-likeness (QED) is 0.930. The molecule has 0 spiro atoms. The van der Waals surface area contributed by atoms with E-state index in [2.05, 4.69) is 5.32 Å². The zero-order chi connectivity index (χ0) is 14.5. The molecule has 0 saturated heterocycles. The minimum Gasteiger partial charge on any atom is -0.309 e. The van der Waals surface area contributed by atoms with Crippen LogP contribution < -0.4 is 5.32 Å². The van der Waals surface area contributed by atoms with Gasteiger partial charge in [0.1, 0.15) is 11.9 Å². The van der Waals surface area contributed by atoms with Crippen molar-refractivity contribution in [2.45, 2.75) is 13.1 Å². The smallest absolute Gasteiger partial charge is 0.159 e. The summed E-state index contributed by atoms with van der Waals surface area (Å²) < 4.78 is 38.9. The molecule has 2 nitrogen and oxygen atoms in total. The van der Waals surface area contributed by atoms with Crippen LogP contribution in [0.2, 0.25) is 0 Å². The van der Waals surface area contributed by atoms with Gasteiger partial charge in [0.2, 0.25) is 0 Å². The number of rotatable bonds is 4. The molecule has 0 bridgehead atoms. The van der Waals surface area contributed by atoms with Gasteiger partial charge in [-0.2, -0.15) is 5.26 Å². The molecule has 0 saturated carbocycles. The lowest BCUT2D eigenvalue weighted by molar-refractivity contribution is 0.506. The Morgan fingerprint density at radius 3 is 2.05 bits per heavy atom. The van der Waals surface area contributed by atoms with E-state index in [1.165, 1.54) is 18.2 Å². The average molecular weight is 276 g/mol. The second-order valence-corrected chi connectivity index (χ2v) is 4.28. The van der Waals surface area contributed by atoms with Crippen LogP contribution in [0.25, 0.3) is 0 Å². The van der Waals surface area contributed by atoms with Crippen LogP contribution in [0.5, 0.6) is 0 Å². The fourth-order valence-electron chi connectivity index (χ4n) is 1.77. The van der Waals surface area contributed by atoms with Crippen molar-refractivity contribution in [1.29, 1.82) is 5.26 Å². The van der Waals surface area contributed by atoms with Gasteiger partial charge in [-0.1, -0.05) is 12.1 Å². The summed E-state index contributed by atoms with van der Waals surface area (Å²) in [6.07, 6.45) is 0. The Kier molecular flexibility index (Phi) is 4.38. The molecule has 2 rings (SSSR count). The first-order valence-electron chi connectivity index (χ1n) is 5.93. The van der Waals surface area contributed by atoms with Gasteiger partial charge in [-0.05, 0) is 35.4 Å². The maximum Gasteiger partial charge on any atom is 0.159 e. The molecule has 0 fully saturated rings. The van der Waals surface area contributed by atoms with Crippen LogP contribution >= 0.6 is 0 Å². The maximum absolute atomic E-state index is 13.1. The summed E-state index contributed by atoms with van der Waals surface area (Å²) in [5, 5.41) is 11.7. The van der Waals surface area contributed by atoms with E-state index < -0.39 is 17.5 Å². The highest BCUT2D eigenvalue weighted by Crippen LogP contribution is 2.11. The Morgan fingerprint density at radius 2 is 1.45 bits per heavy atom. The number of hydrogen-bond donors (Lipinski definition) is 1. The van der Waals surface area contributed by atoms with E-state index in [1.54, 1.807) is 12.1 Å². The lowest BCUT2D eigenvalue weighted by Gasteiger charge is -2.06. The Hall–Kier alpha value is -2.32. The summed E-state index contributed by atoms with van der Waals surface area (Å²) >= 11 is 0. The van der Waals surface area contributed by atoms with Gasteiger partial charge in [-0.25, -0.2) is 13.2 Å². The monoisotopic (exact) mass is 276 g/mol. The van der Waals surface area contributed by atoms with Crippen molar-refractivity contribution in [2.24, 2.45) is 0 Å². The van der Waals surface area contributed by atoms with E-state index in [4.69, 9.17) is 5.26 Å². The van der Waals surface area contributed by atoms with Gasteiger partial charge in [0, 0.05) is 13.1 Å². The van der Waals surface area contributed by atoms with Gasteiger partial charge >= 0.3 is 0 Å². The van der Waals surface area contributed by atoms with Crippen LogP contribution in [-0.4, -0.2) is 0 Å². The van der Waals surface area contributed by atoms with Crippen molar-refractivity contribution in [1.82, 2.24) is 5.32 Å². The third kappa shape index (κ3) is 3.37. The van der Waals surface area contributed by atoms with Crippen LogP contribution in [0.1, 0.15) is 16.7 Å². The number of halogens is 3. The molecule has 5 heteroatoms. The third-order valence-electron chi connectivity index (χ3n) is 2.79. The summed E-state index contributed by atoms with van der Waals surface area (Å²) in [6.45, 7) is 0.740. The zero-order valence-corrected chi connectivity index (χ0v) is 10.5. The molecule has 1 N–H and O–H groups in total. The molecule has 0 aliphatic heterocycles. The number of nitriles is 1. The Balaban J connectivity index is 1.96. The first kappa shape index (κ1) is 14.1. The zero-order valence-electron chi connectivity index (χ0n) is 10.5. The standard InChI is InChI=1S/C15H11F3N2/c16-13-3-1-10(5-12(13)7-19)8-20-9-11-2-4-14(17)15(18)6-11/h1-6,20H,8-9H2. The molecule has 0 unspecified atom stereocenters. The van der Waals surface area contributed by atoms with Crippen molar-refractivity contribution in [3.63, 3.8) is 0 Å². The summed E-state index contributed by atoms with van der Waals surface area (Å²) in [6, 6.07) is 9.68. The topological polar surface area (TPSA) is 35.8 Å². The molecule has 0 aliphatic carbocycles. The number of nitrogens with one attached hydrogen (secondary N) is 1. The molecular weight excluding hydrogens is 265 g/mol. The molecule has 0 heterocycles.